The number of carbonyl (C=O) groups excluding carboxylic acids is 2. The van der Waals surface area contributed by atoms with E-state index in [4.69, 9.17) is 4.74 Å². The highest BCUT2D eigenvalue weighted by Crippen LogP contribution is 2.20. The van der Waals surface area contributed by atoms with E-state index in [9.17, 15) is 9.59 Å². The van der Waals surface area contributed by atoms with Crippen molar-refractivity contribution in [2.75, 3.05) is 20.2 Å². The van der Waals surface area contributed by atoms with Crippen LogP contribution < -0.4 is 15.4 Å². The fourth-order valence-corrected chi connectivity index (χ4v) is 3.89. The molecule has 0 heterocycles. The molecule has 2 N–H and O–H groups in total. The van der Waals surface area contributed by atoms with Crippen LogP contribution in [0.5, 0.6) is 5.75 Å². The number of rotatable bonds is 9. The molecule has 2 amide bonds. The first-order valence-corrected chi connectivity index (χ1v) is 12.4. The van der Waals surface area contributed by atoms with Crippen LogP contribution in [-0.4, -0.2) is 32.0 Å². The summed E-state index contributed by atoms with van der Waals surface area (Å²) in [5.41, 5.74) is 3.09. The van der Waals surface area contributed by atoms with Crippen molar-refractivity contribution in [1.82, 2.24) is 10.6 Å². The maximum atomic E-state index is 12.7. The smallest absolute Gasteiger partial charge is 0.255 e. The van der Waals surface area contributed by atoms with E-state index in [0.29, 0.717) is 30.0 Å². The SMILES string of the molecule is COc1ccc(C(=O)NCCc2ccc(I)cc2)cc1C(=O)NCCc1ccc(I)cc1. The molecule has 0 bridgehead atoms. The van der Waals surface area contributed by atoms with Crippen molar-refractivity contribution in [3.63, 3.8) is 0 Å². The lowest BCUT2D eigenvalue weighted by atomic mass is 10.1. The summed E-state index contributed by atoms with van der Waals surface area (Å²) in [6, 6.07) is 21.3. The molecule has 3 aromatic rings. The third-order valence-corrected chi connectivity index (χ3v) is 6.37. The molecule has 0 aliphatic carbocycles. The molecule has 0 aliphatic heterocycles. The Balaban J connectivity index is 1.58. The van der Waals surface area contributed by atoms with E-state index in [1.165, 1.54) is 14.3 Å². The van der Waals surface area contributed by atoms with E-state index in [0.717, 1.165) is 24.0 Å². The van der Waals surface area contributed by atoms with Gasteiger partial charge in [0.05, 0.1) is 12.7 Å². The van der Waals surface area contributed by atoms with Crippen molar-refractivity contribution in [2.24, 2.45) is 0 Å². The summed E-state index contributed by atoms with van der Waals surface area (Å²) in [4.78, 5) is 25.3. The van der Waals surface area contributed by atoms with Gasteiger partial charge in [-0.05, 0) is 112 Å². The Morgan fingerprint density at radius 2 is 1.25 bits per heavy atom. The Hall–Kier alpha value is -2.14. The molecule has 166 valence electrons. The van der Waals surface area contributed by atoms with Crippen LogP contribution in [0.2, 0.25) is 0 Å². The largest absolute Gasteiger partial charge is 0.496 e. The number of amides is 2. The van der Waals surface area contributed by atoms with Gasteiger partial charge in [-0.3, -0.25) is 9.59 Å². The van der Waals surface area contributed by atoms with Crippen molar-refractivity contribution in [2.45, 2.75) is 12.8 Å². The van der Waals surface area contributed by atoms with Gasteiger partial charge in [0.2, 0.25) is 0 Å². The molecule has 7 heteroatoms. The van der Waals surface area contributed by atoms with Crippen LogP contribution in [0.3, 0.4) is 0 Å². The molecule has 3 rings (SSSR count). The van der Waals surface area contributed by atoms with E-state index < -0.39 is 0 Å². The summed E-state index contributed by atoms with van der Waals surface area (Å²) < 4.78 is 7.69. The topological polar surface area (TPSA) is 67.4 Å². The van der Waals surface area contributed by atoms with Crippen LogP contribution in [0.4, 0.5) is 0 Å². The van der Waals surface area contributed by atoms with Gasteiger partial charge in [-0.1, -0.05) is 24.3 Å². The standard InChI is InChI=1S/C25H24I2N2O3/c1-32-23-11-6-19(24(30)28-14-12-17-2-7-20(26)8-3-17)16-22(23)25(31)29-15-13-18-4-9-21(27)10-5-18/h2-11,16H,12-15H2,1H3,(H,28,30)(H,29,31). The Bertz CT molecular complexity index is 1070. The summed E-state index contributed by atoms with van der Waals surface area (Å²) in [6.07, 6.45) is 1.47. The Morgan fingerprint density at radius 3 is 1.75 bits per heavy atom. The molecule has 0 radical (unpaired) electrons. The van der Waals surface area contributed by atoms with Gasteiger partial charge in [0.1, 0.15) is 5.75 Å². The zero-order valence-electron chi connectivity index (χ0n) is 17.7. The van der Waals surface area contributed by atoms with E-state index in [1.54, 1.807) is 18.2 Å². The van der Waals surface area contributed by atoms with Crippen molar-refractivity contribution >= 4 is 57.0 Å². The molecule has 0 saturated carbocycles. The second-order valence-electron chi connectivity index (χ2n) is 7.18. The number of halogens is 2. The molecule has 0 atom stereocenters. The first kappa shape index (κ1) is 24.5. The predicted molar refractivity (Wildman–Crippen MR) is 143 cm³/mol. The lowest BCUT2D eigenvalue weighted by Crippen LogP contribution is -2.28. The fraction of sp³-hybridized carbons (Fsp3) is 0.200. The first-order chi connectivity index (χ1) is 15.5. The van der Waals surface area contributed by atoms with E-state index in [1.807, 2.05) is 24.3 Å². The van der Waals surface area contributed by atoms with E-state index in [-0.39, 0.29) is 11.8 Å². The fourth-order valence-electron chi connectivity index (χ4n) is 3.17. The molecule has 0 unspecified atom stereocenters. The zero-order valence-corrected chi connectivity index (χ0v) is 22.0. The predicted octanol–water partition coefficient (Wildman–Crippen LogP) is 4.85. The minimum Gasteiger partial charge on any atom is -0.496 e. The summed E-state index contributed by atoms with van der Waals surface area (Å²) in [7, 11) is 1.51. The maximum absolute atomic E-state index is 12.7. The van der Waals surface area contributed by atoms with Gasteiger partial charge in [-0.2, -0.15) is 0 Å². The van der Waals surface area contributed by atoms with Gasteiger partial charge in [0.15, 0.2) is 0 Å². The molecule has 0 saturated heterocycles. The monoisotopic (exact) mass is 654 g/mol. The van der Waals surface area contributed by atoms with Gasteiger partial charge in [0.25, 0.3) is 11.8 Å². The van der Waals surface area contributed by atoms with Gasteiger partial charge in [-0.15, -0.1) is 0 Å². The molecular formula is C25H24I2N2O3. The molecule has 5 nitrogen and oxygen atoms in total. The van der Waals surface area contributed by atoms with E-state index in [2.05, 4.69) is 80.1 Å². The average Bonchev–Trinajstić information content (AvgIpc) is 2.81. The van der Waals surface area contributed by atoms with E-state index >= 15 is 0 Å². The molecule has 0 fully saturated rings. The highest BCUT2D eigenvalue weighted by Gasteiger charge is 2.16. The highest BCUT2D eigenvalue weighted by atomic mass is 127. The number of carbonyl (C=O) groups is 2. The number of hydrogen-bond donors (Lipinski definition) is 2. The number of benzene rings is 3. The minimum atomic E-state index is -0.263. The van der Waals surface area contributed by atoms with Gasteiger partial charge >= 0.3 is 0 Å². The van der Waals surface area contributed by atoms with Gasteiger partial charge in [0, 0.05) is 25.8 Å². The molecule has 0 aromatic heterocycles. The number of hydrogen-bond acceptors (Lipinski definition) is 3. The zero-order chi connectivity index (χ0) is 22.9. The van der Waals surface area contributed by atoms with Gasteiger partial charge in [-0.25, -0.2) is 0 Å². The van der Waals surface area contributed by atoms with Crippen molar-refractivity contribution in [3.05, 3.63) is 96.1 Å². The lowest BCUT2D eigenvalue weighted by Gasteiger charge is -2.12. The number of nitrogens with one attached hydrogen (secondary N) is 2. The van der Waals surface area contributed by atoms with Crippen LogP contribution in [0.1, 0.15) is 31.8 Å². The van der Waals surface area contributed by atoms with Crippen LogP contribution in [0.15, 0.2) is 66.7 Å². The van der Waals surface area contributed by atoms with Crippen molar-refractivity contribution < 1.29 is 14.3 Å². The van der Waals surface area contributed by atoms with Crippen LogP contribution in [0, 0.1) is 7.14 Å². The number of ether oxygens (including phenoxy) is 1. The first-order valence-electron chi connectivity index (χ1n) is 10.2. The summed E-state index contributed by atoms with van der Waals surface area (Å²) >= 11 is 4.53. The maximum Gasteiger partial charge on any atom is 0.255 e. The second-order valence-corrected chi connectivity index (χ2v) is 9.67. The summed E-state index contributed by atoms with van der Waals surface area (Å²) in [5.74, 6) is -0.0424. The van der Waals surface area contributed by atoms with Crippen LogP contribution in [0.25, 0.3) is 0 Å². The third-order valence-electron chi connectivity index (χ3n) is 4.93. The Labute approximate surface area is 215 Å². The molecule has 0 spiro atoms. The Morgan fingerprint density at radius 1 is 0.750 bits per heavy atom. The molecule has 0 aliphatic rings. The van der Waals surface area contributed by atoms with Crippen molar-refractivity contribution in [1.29, 1.82) is 0 Å². The van der Waals surface area contributed by atoms with Crippen LogP contribution >= 0.6 is 45.2 Å². The second kappa shape index (κ2) is 12.2. The molecule has 32 heavy (non-hydrogen) atoms. The lowest BCUT2D eigenvalue weighted by molar-refractivity contribution is 0.0951. The number of methoxy groups -OCH3 is 1. The van der Waals surface area contributed by atoms with Gasteiger partial charge < -0.3 is 15.4 Å². The highest BCUT2D eigenvalue weighted by molar-refractivity contribution is 14.1. The normalized spacial score (nSPS) is 10.5. The summed E-state index contributed by atoms with van der Waals surface area (Å²) in [6.45, 7) is 1.01. The summed E-state index contributed by atoms with van der Waals surface area (Å²) in [5, 5.41) is 5.84. The molecular weight excluding hydrogens is 630 g/mol. The van der Waals surface area contributed by atoms with Crippen molar-refractivity contribution in [3.8, 4) is 5.75 Å². The minimum absolute atomic E-state index is 0.217. The quantitative estimate of drug-likeness (QED) is 0.325. The molecule has 3 aromatic carbocycles. The third kappa shape index (κ3) is 7.19. The van der Waals surface area contributed by atoms with Crippen LogP contribution in [-0.2, 0) is 12.8 Å². The average molecular weight is 654 g/mol. The Kier molecular flexibility index (Phi) is 9.34.